The van der Waals surface area contributed by atoms with Crippen molar-refractivity contribution >= 4 is 40.8 Å². The topological polar surface area (TPSA) is 116 Å². The fraction of sp³-hybridized carbons (Fsp3) is 0.250. The van der Waals surface area contributed by atoms with Gasteiger partial charge in [-0.3, -0.25) is 24.6 Å². The largest absolute Gasteiger partial charge is 0.457 e. The summed E-state index contributed by atoms with van der Waals surface area (Å²) in [5, 5.41) is 11.0. The highest BCUT2D eigenvalue weighted by Crippen LogP contribution is 2.40. The van der Waals surface area contributed by atoms with Gasteiger partial charge in [-0.05, 0) is 54.8 Å². The number of anilines is 1. The van der Waals surface area contributed by atoms with Crippen molar-refractivity contribution in [2.75, 3.05) is 4.90 Å². The molecule has 1 saturated heterocycles. The Morgan fingerprint density at radius 2 is 1.66 bits per heavy atom. The van der Waals surface area contributed by atoms with E-state index in [1.807, 2.05) is 0 Å². The summed E-state index contributed by atoms with van der Waals surface area (Å²) in [5.41, 5.74) is 1.19. The number of ether oxygens (including phenoxy) is 2. The quantitative estimate of drug-likeness (QED) is 0.156. The van der Waals surface area contributed by atoms with Crippen molar-refractivity contribution in [2.24, 2.45) is 11.8 Å². The Kier molecular flexibility index (Phi) is 7.11. The highest BCUT2D eigenvalue weighted by molar-refractivity contribution is 6.32. The van der Waals surface area contributed by atoms with Crippen LogP contribution in [0.5, 0.6) is 11.5 Å². The third-order valence-corrected chi connectivity index (χ3v) is 7.12. The third-order valence-electron chi connectivity index (χ3n) is 6.83. The van der Waals surface area contributed by atoms with E-state index in [1.54, 1.807) is 42.5 Å². The molecule has 194 valence electrons. The Morgan fingerprint density at radius 1 is 0.974 bits per heavy atom. The number of amides is 2. The number of non-ortho nitro benzene ring substituents is 1. The van der Waals surface area contributed by atoms with Gasteiger partial charge in [0, 0.05) is 12.1 Å². The molecule has 1 aliphatic carbocycles. The van der Waals surface area contributed by atoms with Crippen LogP contribution in [-0.4, -0.2) is 22.7 Å². The number of carbonyl (C=O) groups excluding carboxylic acids is 3. The van der Waals surface area contributed by atoms with E-state index in [0.29, 0.717) is 17.0 Å². The molecule has 2 aliphatic rings. The van der Waals surface area contributed by atoms with Crippen LogP contribution < -0.4 is 9.64 Å². The van der Waals surface area contributed by atoms with Crippen molar-refractivity contribution in [2.45, 2.75) is 32.3 Å². The molecular weight excluding hydrogens is 512 g/mol. The molecule has 10 heteroatoms. The summed E-state index contributed by atoms with van der Waals surface area (Å²) in [5.74, 6) is -0.786. The molecule has 0 spiro atoms. The molecule has 0 radical (unpaired) electrons. The zero-order valence-electron chi connectivity index (χ0n) is 20.2. The molecule has 3 aromatic rings. The van der Waals surface area contributed by atoms with E-state index in [2.05, 4.69) is 0 Å². The van der Waals surface area contributed by atoms with Gasteiger partial charge in [-0.25, -0.2) is 4.79 Å². The van der Waals surface area contributed by atoms with Gasteiger partial charge >= 0.3 is 5.97 Å². The second-order valence-electron chi connectivity index (χ2n) is 9.25. The third kappa shape index (κ3) is 5.10. The number of hydrogen-bond donors (Lipinski definition) is 0. The SMILES string of the molecule is O=C(OCc1ccc(Oc2ccc([N+](=O)[O-])cc2Cl)cc1)c1cccc(N2C(=O)C3CCCCC3C2=O)c1. The molecule has 1 heterocycles. The number of nitro benzene ring substituents is 1. The van der Waals surface area contributed by atoms with Crippen LogP contribution >= 0.6 is 11.6 Å². The van der Waals surface area contributed by atoms with E-state index in [1.165, 1.54) is 29.2 Å². The Balaban J connectivity index is 1.21. The molecule has 2 atom stereocenters. The number of nitro groups is 1. The lowest BCUT2D eigenvalue weighted by molar-refractivity contribution is -0.384. The lowest BCUT2D eigenvalue weighted by Gasteiger charge is -2.19. The minimum Gasteiger partial charge on any atom is -0.457 e. The van der Waals surface area contributed by atoms with E-state index in [0.717, 1.165) is 25.7 Å². The van der Waals surface area contributed by atoms with Crippen LogP contribution in [0.4, 0.5) is 11.4 Å². The number of carbonyl (C=O) groups is 3. The fourth-order valence-electron chi connectivity index (χ4n) is 4.89. The van der Waals surface area contributed by atoms with E-state index in [4.69, 9.17) is 21.1 Å². The minimum absolute atomic E-state index is 0.00659. The maximum absolute atomic E-state index is 12.9. The predicted octanol–water partition coefficient (Wildman–Crippen LogP) is 6.08. The van der Waals surface area contributed by atoms with Gasteiger partial charge in [0.05, 0.1) is 33.0 Å². The molecule has 1 saturated carbocycles. The average molecular weight is 535 g/mol. The highest BCUT2D eigenvalue weighted by Gasteiger charge is 2.48. The molecule has 0 bridgehead atoms. The van der Waals surface area contributed by atoms with Crippen LogP contribution in [0.25, 0.3) is 0 Å². The van der Waals surface area contributed by atoms with Gasteiger partial charge in [0.25, 0.3) is 5.69 Å². The average Bonchev–Trinajstić information content (AvgIpc) is 3.18. The Hall–Kier alpha value is -4.24. The number of imide groups is 1. The predicted molar refractivity (Wildman–Crippen MR) is 138 cm³/mol. The summed E-state index contributed by atoms with van der Waals surface area (Å²) in [6.07, 6.45) is 3.33. The Labute approximate surface area is 223 Å². The van der Waals surface area contributed by atoms with Gasteiger partial charge < -0.3 is 9.47 Å². The number of fused-ring (bicyclic) bond motifs is 1. The monoisotopic (exact) mass is 534 g/mol. The van der Waals surface area contributed by atoms with Crippen LogP contribution in [0.1, 0.15) is 41.6 Å². The van der Waals surface area contributed by atoms with Crippen molar-refractivity contribution in [3.63, 3.8) is 0 Å². The fourth-order valence-corrected chi connectivity index (χ4v) is 5.10. The summed E-state index contributed by atoms with van der Waals surface area (Å²) in [6, 6.07) is 17.0. The molecule has 2 unspecified atom stereocenters. The first-order valence-electron chi connectivity index (χ1n) is 12.2. The van der Waals surface area contributed by atoms with Crippen molar-refractivity contribution < 1.29 is 28.8 Å². The van der Waals surface area contributed by atoms with E-state index in [9.17, 15) is 24.5 Å². The molecule has 2 amide bonds. The molecule has 0 aromatic heterocycles. The second-order valence-corrected chi connectivity index (χ2v) is 9.66. The van der Waals surface area contributed by atoms with Crippen LogP contribution in [-0.2, 0) is 20.9 Å². The molecule has 1 aliphatic heterocycles. The van der Waals surface area contributed by atoms with E-state index < -0.39 is 10.9 Å². The molecule has 5 rings (SSSR count). The van der Waals surface area contributed by atoms with Crippen molar-refractivity contribution in [1.82, 2.24) is 0 Å². The molecule has 9 nitrogen and oxygen atoms in total. The van der Waals surface area contributed by atoms with E-state index in [-0.39, 0.29) is 52.3 Å². The Bertz CT molecular complexity index is 1400. The first-order valence-corrected chi connectivity index (χ1v) is 12.6. The second kappa shape index (κ2) is 10.6. The minimum atomic E-state index is -0.582. The normalized spacial score (nSPS) is 18.7. The maximum atomic E-state index is 12.9. The van der Waals surface area contributed by atoms with Gasteiger partial charge in [0.15, 0.2) is 0 Å². The van der Waals surface area contributed by atoms with Crippen molar-refractivity contribution in [1.29, 1.82) is 0 Å². The summed E-state index contributed by atoms with van der Waals surface area (Å²) in [4.78, 5) is 50.0. The smallest absolute Gasteiger partial charge is 0.338 e. The summed E-state index contributed by atoms with van der Waals surface area (Å²) >= 11 is 6.07. The number of hydrogen-bond acceptors (Lipinski definition) is 7. The van der Waals surface area contributed by atoms with Gasteiger partial charge in [-0.1, -0.05) is 42.6 Å². The molecule has 3 aromatic carbocycles. The van der Waals surface area contributed by atoms with Crippen LogP contribution in [0.2, 0.25) is 5.02 Å². The van der Waals surface area contributed by atoms with Gasteiger partial charge in [0.1, 0.15) is 18.1 Å². The van der Waals surface area contributed by atoms with Crippen LogP contribution in [0, 0.1) is 22.0 Å². The van der Waals surface area contributed by atoms with Gasteiger partial charge in [-0.15, -0.1) is 0 Å². The van der Waals surface area contributed by atoms with Gasteiger partial charge in [-0.2, -0.15) is 0 Å². The zero-order chi connectivity index (χ0) is 26.8. The summed E-state index contributed by atoms with van der Waals surface area (Å²) < 4.78 is 11.1. The summed E-state index contributed by atoms with van der Waals surface area (Å²) in [7, 11) is 0. The molecular formula is C28H23ClN2O7. The number of benzene rings is 3. The van der Waals surface area contributed by atoms with Gasteiger partial charge in [0.2, 0.25) is 11.8 Å². The Morgan fingerprint density at radius 3 is 2.29 bits per heavy atom. The standard InChI is InChI=1S/C28H23ClN2O7/c29-24-15-20(31(35)36)10-13-25(24)38-21-11-8-17(9-12-21)16-37-28(34)18-4-3-5-19(14-18)30-26(32)22-6-1-2-7-23(22)27(30)33/h3-5,8-15,22-23H,1-2,6-7,16H2. The molecule has 38 heavy (non-hydrogen) atoms. The number of rotatable bonds is 7. The zero-order valence-corrected chi connectivity index (χ0v) is 20.9. The first kappa shape index (κ1) is 25.4. The number of nitrogens with zero attached hydrogens (tertiary/aromatic N) is 2. The lowest BCUT2D eigenvalue weighted by atomic mass is 9.81. The number of esters is 1. The highest BCUT2D eigenvalue weighted by atomic mass is 35.5. The lowest BCUT2D eigenvalue weighted by Crippen LogP contribution is -2.31. The number of halogens is 1. The van der Waals surface area contributed by atoms with Crippen LogP contribution in [0.15, 0.2) is 66.7 Å². The maximum Gasteiger partial charge on any atom is 0.338 e. The van der Waals surface area contributed by atoms with E-state index >= 15 is 0 Å². The summed E-state index contributed by atoms with van der Waals surface area (Å²) in [6.45, 7) is -0.00659. The molecule has 2 fully saturated rings. The van der Waals surface area contributed by atoms with Crippen LogP contribution in [0.3, 0.4) is 0 Å². The van der Waals surface area contributed by atoms with Crippen molar-refractivity contribution in [3.05, 3.63) is 93.0 Å². The molecule has 0 N–H and O–H groups in total. The van der Waals surface area contributed by atoms with Crippen molar-refractivity contribution in [3.8, 4) is 11.5 Å². The first-order chi connectivity index (χ1) is 18.3.